The Morgan fingerprint density at radius 3 is 2.86 bits per heavy atom. The first-order chi connectivity index (χ1) is 13.5. The number of anilines is 1. The number of nitrogens with two attached hydrogens (primary N) is 1. The number of nitrogens with one attached hydrogen (secondary N) is 1. The predicted molar refractivity (Wildman–Crippen MR) is 106 cm³/mol. The van der Waals surface area contributed by atoms with Gasteiger partial charge in [0.25, 0.3) is 5.91 Å². The molecule has 10 nitrogen and oxygen atoms in total. The van der Waals surface area contributed by atoms with E-state index >= 15 is 0 Å². The summed E-state index contributed by atoms with van der Waals surface area (Å²) >= 11 is 0. The molecule has 0 aliphatic heterocycles. The Kier molecular flexibility index (Phi) is 7.64. The van der Waals surface area contributed by atoms with E-state index in [0.717, 1.165) is 0 Å². The van der Waals surface area contributed by atoms with Crippen LogP contribution < -0.4 is 11.1 Å². The Hall–Kier alpha value is -3.27. The van der Waals surface area contributed by atoms with Crippen LogP contribution >= 0.6 is 0 Å². The van der Waals surface area contributed by atoms with Crippen molar-refractivity contribution in [3.63, 3.8) is 0 Å². The van der Waals surface area contributed by atoms with Crippen molar-refractivity contribution in [3.05, 3.63) is 36.0 Å². The number of aromatic nitrogens is 4. The van der Waals surface area contributed by atoms with Crippen LogP contribution in [0.5, 0.6) is 0 Å². The molecule has 10 heteroatoms. The van der Waals surface area contributed by atoms with E-state index in [4.69, 9.17) is 15.2 Å². The minimum Gasteiger partial charge on any atom is -0.482 e. The number of aliphatic imine (C=N–C) groups is 1. The average Bonchev–Trinajstić information content (AvgIpc) is 3.18. The van der Waals surface area contributed by atoms with Gasteiger partial charge in [-0.2, -0.15) is 0 Å². The van der Waals surface area contributed by atoms with Gasteiger partial charge in [0, 0.05) is 19.4 Å². The van der Waals surface area contributed by atoms with E-state index in [2.05, 4.69) is 25.5 Å². The van der Waals surface area contributed by atoms with E-state index in [1.807, 2.05) is 18.4 Å². The van der Waals surface area contributed by atoms with Crippen molar-refractivity contribution in [3.8, 4) is 11.5 Å². The van der Waals surface area contributed by atoms with Crippen LogP contribution in [0.25, 0.3) is 11.5 Å². The van der Waals surface area contributed by atoms with Crippen molar-refractivity contribution in [2.75, 3.05) is 32.7 Å². The molecular formula is C18H25N7O3. The molecule has 0 unspecified atom stereocenters. The number of carbonyl (C=O) groups excluding carboxylic acids is 1. The SMILES string of the molecule is COCCN=C/C(C(=O)Nc1cccc(-c2nncn2C(C)C)n1)=C(\N)OC. The van der Waals surface area contributed by atoms with Crippen molar-refractivity contribution >= 4 is 17.9 Å². The maximum atomic E-state index is 12.6. The first-order valence-corrected chi connectivity index (χ1v) is 8.68. The first kappa shape index (κ1) is 21.0. The van der Waals surface area contributed by atoms with Gasteiger partial charge in [-0.05, 0) is 26.0 Å². The summed E-state index contributed by atoms with van der Waals surface area (Å²) in [5, 5.41) is 10.8. The van der Waals surface area contributed by atoms with Crippen molar-refractivity contribution in [1.29, 1.82) is 0 Å². The normalized spacial score (nSPS) is 12.3. The minimum atomic E-state index is -0.490. The molecular weight excluding hydrogens is 362 g/mol. The minimum absolute atomic E-state index is 0.0469. The molecule has 0 aliphatic rings. The van der Waals surface area contributed by atoms with Crippen LogP contribution in [0.1, 0.15) is 19.9 Å². The molecule has 150 valence electrons. The Bertz CT molecular complexity index is 858. The molecule has 28 heavy (non-hydrogen) atoms. The smallest absolute Gasteiger partial charge is 0.263 e. The van der Waals surface area contributed by atoms with E-state index < -0.39 is 5.91 Å². The van der Waals surface area contributed by atoms with E-state index in [9.17, 15) is 4.79 Å². The zero-order valence-corrected chi connectivity index (χ0v) is 16.4. The topological polar surface area (TPSA) is 130 Å². The fraction of sp³-hybridized carbons (Fsp3) is 0.389. The van der Waals surface area contributed by atoms with Gasteiger partial charge in [0.15, 0.2) is 11.7 Å². The highest BCUT2D eigenvalue weighted by Crippen LogP contribution is 2.20. The van der Waals surface area contributed by atoms with E-state index in [1.165, 1.54) is 13.3 Å². The van der Waals surface area contributed by atoms with Crippen LogP contribution in [-0.4, -0.2) is 59.2 Å². The van der Waals surface area contributed by atoms with Gasteiger partial charge >= 0.3 is 0 Å². The molecule has 0 fully saturated rings. The Labute approximate surface area is 163 Å². The summed E-state index contributed by atoms with van der Waals surface area (Å²) in [6.07, 6.45) is 3.00. The second-order valence-electron chi connectivity index (χ2n) is 6.03. The fourth-order valence-corrected chi connectivity index (χ4v) is 2.26. The monoisotopic (exact) mass is 387 g/mol. The largest absolute Gasteiger partial charge is 0.482 e. The summed E-state index contributed by atoms with van der Waals surface area (Å²) < 4.78 is 11.8. The molecule has 2 rings (SSSR count). The Morgan fingerprint density at radius 2 is 2.18 bits per heavy atom. The van der Waals surface area contributed by atoms with Crippen molar-refractivity contribution in [1.82, 2.24) is 19.7 Å². The Morgan fingerprint density at radius 1 is 1.39 bits per heavy atom. The lowest BCUT2D eigenvalue weighted by molar-refractivity contribution is -0.112. The van der Waals surface area contributed by atoms with Gasteiger partial charge in [-0.3, -0.25) is 9.79 Å². The lowest BCUT2D eigenvalue weighted by Gasteiger charge is -2.11. The van der Waals surface area contributed by atoms with Gasteiger partial charge < -0.3 is 25.1 Å². The highest BCUT2D eigenvalue weighted by atomic mass is 16.5. The number of hydrogen-bond acceptors (Lipinski definition) is 8. The lowest BCUT2D eigenvalue weighted by atomic mass is 10.2. The zero-order valence-electron chi connectivity index (χ0n) is 16.4. The maximum Gasteiger partial charge on any atom is 0.263 e. The number of rotatable bonds is 9. The molecule has 0 spiro atoms. The second kappa shape index (κ2) is 10.2. The predicted octanol–water partition coefficient (Wildman–Crippen LogP) is 1.39. The van der Waals surface area contributed by atoms with Crippen LogP contribution in [0, 0.1) is 0 Å². The summed E-state index contributed by atoms with van der Waals surface area (Å²) in [6, 6.07) is 5.41. The highest BCUT2D eigenvalue weighted by molar-refractivity contribution is 6.17. The Balaban J connectivity index is 2.23. The van der Waals surface area contributed by atoms with Crippen molar-refractivity contribution in [2.45, 2.75) is 19.9 Å². The number of carbonyl (C=O) groups is 1. The lowest BCUT2D eigenvalue weighted by Crippen LogP contribution is -2.21. The number of pyridine rings is 1. The van der Waals surface area contributed by atoms with E-state index in [-0.39, 0.29) is 17.5 Å². The van der Waals surface area contributed by atoms with Crippen LogP contribution in [0.3, 0.4) is 0 Å². The molecule has 2 heterocycles. The highest BCUT2D eigenvalue weighted by Gasteiger charge is 2.16. The number of nitrogens with zero attached hydrogens (tertiary/aromatic N) is 5. The third-order valence-corrected chi connectivity index (χ3v) is 3.72. The van der Waals surface area contributed by atoms with Gasteiger partial charge in [-0.25, -0.2) is 4.98 Å². The summed E-state index contributed by atoms with van der Waals surface area (Å²) in [7, 11) is 2.95. The molecule has 0 aromatic carbocycles. The van der Waals surface area contributed by atoms with Crippen LogP contribution in [-0.2, 0) is 14.3 Å². The molecule has 3 N–H and O–H groups in total. The maximum absolute atomic E-state index is 12.6. The van der Waals surface area contributed by atoms with Gasteiger partial charge in [0.05, 0.1) is 20.3 Å². The van der Waals surface area contributed by atoms with E-state index in [0.29, 0.717) is 30.5 Å². The number of ether oxygens (including phenoxy) is 2. The quantitative estimate of drug-likeness (QED) is 0.288. The van der Waals surface area contributed by atoms with Crippen LogP contribution in [0.2, 0.25) is 0 Å². The van der Waals surface area contributed by atoms with Crippen molar-refractivity contribution < 1.29 is 14.3 Å². The summed E-state index contributed by atoms with van der Waals surface area (Å²) in [6.45, 7) is 4.86. The molecule has 0 radical (unpaired) electrons. The zero-order chi connectivity index (χ0) is 20.5. The van der Waals surface area contributed by atoms with Crippen molar-refractivity contribution in [2.24, 2.45) is 10.7 Å². The first-order valence-electron chi connectivity index (χ1n) is 8.68. The summed E-state index contributed by atoms with van der Waals surface area (Å²) in [5.41, 5.74) is 6.46. The third-order valence-electron chi connectivity index (χ3n) is 3.72. The number of methoxy groups -OCH3 is 2. The number of amides is 1. The van der Waals surface area contributed by atoms with E-state index in [1.54, 1.807) is 31.6 Å². The molecule has 2 aromatic rings. The van der Waals surface area contributed by atoms with Gasteiger partial charge in [-0.15, -0.1) is 10.2 Å². The van der Waals surface area contributed by atoms with Gasteiger partial charge in [0.1, 0.15) is 23.4 Å². The van der Waals surface area contributed by atoms with Gasteiger partial charge in [0.2, 0.25) is 0 Å². The fourth-order valence-electron chi connectivity index (χ4n) is 2.26. The molecule has 1 amide bonds. The standard InChI is InChI=1S/C18H25N7O3/c1-12(2)25-11-21-24-17(25)14-6-5-7-15(22-14)23-18(26)13(16(19)28-4)10-20-8-9-27-3/h5-7,10-12H,8-9,19H2,1-4H3,(H,22,23,26)/b16-13-,20-10?. The van der Waals surface area contributed by atoms with Crippen LogP contribution in [0.15, 0.2) is 41.0 Å². The molecule has 0 saturated carbocycles. The molecule has 0 saturated heterocycles. The summed E-state index contributed by atoms with van der Waals surface area (Å²) in [5.74, 6) is 0.414. The molecule has 2 aromatic heterocycles. The molecule has 0 atom stereocenters. The molecule has 0 aliphatic carbocycles. The number of hydrogen-bond donors (Lipinski definition) is 2. The average molecular weight is 387 g/mol. The van der Waals surface area contributed by atoms with Crippen LogP contribution in [0.4, 0.5) is 5.82 Å². The summed E-state index contributed by atoms with van der Waals surface area (Å²) in [4.78, 5) is 21.2. The molecule has 0 bridgehead atoms. The second-order valence-corrected chi connectivity index (χ2v) is 6.03. The van der Waals surface area contributed by atoms with Gasteiger partial charge in [-0.1, -0.05) is 6.07 Å². The third kappa shape index (κ3) is 5.36.